The molecule has 128 valence electrons. The van der Waals surface area contributed by atoms with Crippen molar-refractivity contribution >= 4 is 5.91 Å². The van der Waals surface area contributed by atoms with Crippen molar-refractivity contribution in [3.8, 4) is 5.75 Å². The predicted octanol–water partition coefficient (Wildman–Crippen LogP) is 2.98. The van der Waals surface area contributed by atoms with Crippen molar-refractivity contribution in [2.24, 2.45) is 0 Å². The second-order valence-electron chi connectivity index (χ2n) is 6.11. The number of hydrogen-bond donors (Lipinski definition) is 1. The highest BCUT2D eigenvalue weighted by Gasteiger charge is 2.14. The van der Waals surface area contributed by atoms with Crippen LogP contribution in [0.5, 0.6) is 5.75 Å². The zero-order valence-electron chi connectivity index (χ0n) is 13.9. The monoisotopic (exact) mass is 322 g/mol. The summed E-state index contributed by atoms with van der Waals surface area (Å²) in [6, 6.07) is 5.69. The second-order valence-corrected chi connectivity index (χ2v) is 6.11. The Balaban J connectivity index is 1.62. The molecule has 0 aliphatic carbocycles. The van der Waals surface area contributed by atoms with E-state index in [1.54, 1.807) is 6.92 Å². The van der Waals surface area contributed by atoms with Crippen LogP contribution in [0.4, 0.5) is 4.39 Å². The molecule has 1 aromatic carbocycles. The first-order chi connectivity index (χ1) is 11.1. The topological polar surface area (TPSA) is 41.6 Å². The van der Waals surface area contributed by atoms with Crippen LogP contribution in [-0.2, 0) is 4.79 Å². The lowest BCUT2D eigenvalue weighted by molar-refractivity contribution is -0.127. The van der Waals surface area contributed by atoms with E-state index in [4.69, 9.17) is 4.74 Å². The molecule has 0 bridgehead atoms. The zero-order chi connectivity index (χ0) is 16.5. The van der Waals surface area contributed by atoms with E-state index < -0.39 is 6.10 Å². The number of halogens is 1. The highest BCUT2D eigenvalue weighted by atomic mass is 19.1. The lowest BCUT2D eigenvalue weighted by Gasteiger charge is -2.20. The molecule has 0 spiro atoms. The Bertz CT molecular complexity index is 470. The molecule has 1 unspecified atom stereocenters. The summed E-state index contributed by atoms with van der Waals surface area (Å²) in [4.78, 5) is 14.5. The molecule has 1 N–H and O–H groups in total. The van der Waals surface area contributed by atoms with E-state index in [9.17, 15) is 9.18 Å². The van der Waals surface area contributed by atoms with Crippen LogP contribution in [0.3, 0.4) is 0 Å². The molecule has 1 aliphatic heterocycles. The Morgan fingerprint density at radius 1 is 1.22 bits per heavy atom. The van der Waals surface area contributed by atoms with Crippen LogP contribution in [0.1, 0.15) is 39.0 Å². The van der Waals surface area contributed by atoms with Crippen molar-refractivity contribution in [3.63, 3.8) is 0 Å². The fourth-order valence-corrected chi connectivity index (χ4v) is 2.79. The minimum Gasteiger partial charge on any atom is -0.481 e. The van der Waals surface area contributed by atoms with Gasteiger partial charge in [-0.25, -0.2) is 4.39 Å². The molecule has 23 heavy (non-hydrogen) atoms. The number of nitrogens with zero attached hydrogens (tertiary/aromatic N) is 1. The molecule has 4 nitrogen and oxygen atoms in total. The van der Waals surface area contributed by atoms with Gasteiger partial charge in [-0.15, -0.1) is 0 Å². The number of carbonyl (C=O) groups is 1. The average Bonchev–Trinajstić information content (AvgIpc) is 2.82. The van der Waals surface area contributed by atoms with Crippen LogP contribution in [0.2, 0.25) is 0 Å². The smallest absolute Gasteiger partial charge is 0.260 e. The van der Waals surface area contributed by atoms with E-state index in [0.29, 0.717) is 12.3 Å². The van der Waals surface area contributed by atoms with Crippen molar-refractivity contribution in [1.29, 1.82) is 0 Å². The first kappa shape index (κ1) is 17.7. The minimum atomic E-state index is -0.585. The van der Waals surface area contributed by atoms with Gasteiger partial charge in [0.05, 0.1) is 0 Å². The first-order valence-corrected chi connectivity index (χ1v) is 8.57. The van der Waals surface area contributed by atoms with Gasteiger partial charge in [-0.1, -0.05) is 12.8 Å². The van der Waals surface area contributed by atoms with Crippen LogP contribution < -0.4 is 10.1 Å². The van der Waals surface area contributed by atoms with Crippen LogP contribution in [0.25, 0.3) is 0 Å². The molecule has 0 saturated carbocycles. The fraction of sp³-hybridized carbons (Fsp3) is 0.611. The van der Waals surface area contributed by atoms with Crippen molar-refractivity contribution in [3.05, 3.63) is 30.1 Å². The SMILES string of the molecule is CC(Oc1ccc(F)cc1)C(=O)NCCCN1CCCCCC1. The highest BCUT2D eigenvalue weighted by molar-refractivity contribution is 5.80. The number of ether oxygens (including phenoxy) is 1. The van der Waals surface area contributed by atoms with Crippen LogP contribution in [-0.4, -0.2) is 43.1 Å². The molecule has 0 radical (unpaired) electrons. The van der Waals surface area contributed by atoms with E-state index in [0.717, 1.165) is 13.0 Å². The second kappa shape index (κ2) is 9.50. The normalized spacial score (nSPS) is 17.3. The van der Waals surface area contributed by atoms with Crippen LogP contribution >= 0.6 is 0 Å². The van der Waals surface area contributed by atoms with Crippen LogP contribution in [0, 0.1) is 5.82 Å². The van der Waals surface area contributed by atoms with Crippen molar-refractivity contribution < 1.29 is 13.9 Å². The van der Waals surface area contributed by atoms with E-state index in [-0.39, 0.29) is 11.7 Å². The first-order valence-electron chi connectivity index (χ1n) is 8.57. The lowest BCUT2D eigenvalue weighted by atomic mass is 10.2. The summed E-state index contributed by atoms with van der Waals surface area (Å²) in [5.41, 5.74) is 0. The summed E-state index contributed by atoms with van der Waals surface area (Å²) < 4.78 is 18.3. The molecule has 1 saturated heterocycles. The van der Waals surface area contributed by atoms with Gasteiger partial charge in [0.2, 0.25) is 0 Å². The number of carbonyl (C=O) groups excluding carboxylic acids is 1. The quantitative estimate of drug-likeness (QED) is 0.785. The third-order valence-corrected chi connectivity index (χ3v) is 4.14. The van der Waals surface area contributed by atoms with Gasteiger partial charge in [0.1, 0.15) is 11.6 Å². The molecule has 1 fully saturated rings. The molecule has 2 rings (SSSR count). The van der Waals surface area contributed by atoms with Gasteiger partial charge in [-0.2, -0.15) is 0 Å². The van der Waals surface area contributed by atoms with E-state index in [2.05, 4.69) is 10.2 Å². The summed E-state index contributed by atoms with van der Waals surface area (Å²) in [6.45, 7) is 5.75. The third-order valence-electron chi connectivity index (χ3n) is 4.14. The number of hydrogen-bond acceptors (Lipinski definition) is 3. The highest BCUT2D eigenvalue weighted by Crippen LogP contribution is 2.13. The van der Waals surface area contributed by atoms with Crippen molar-refractivity contribution in [2.45, 2.75) is 45.1 Å². The molecule has 0 aromatic heterocycles. The van der Waals surface area contributed by atoms with Crippen molar-refractivity contribution in [2.75, 3.05) is 26.2 Å². The van der Waals surface area contributed by atoms with Gasteiger partial charge in [-0.3, -0.25) is 4.79 Å². The van der Waals surface area contributed by atoms with E-state index in [1.807, 2.05) is 0 Å². The number of rotatable bonds is 7. The largest absolute Gasteiger partial charge is 0.481 e. The Hall–Kier alpha value is -1.62. The zero-order valence-corrected chi connectivity index (χ0v) is 13.9. The lowest BCUT2D eigenvalue weighted by Crippen LogP contribution is -2.38. The number of likely N-dealkylation sites (tertiary alicyclic amines) is 1. The molecular formula is C18H27FN2O2. The maximum atomic E-state index is 12.8. The van der Waals surface area contributed by atoms with Gasteiger partial charge in [0, 0.05) is 6.54 Å². The number of benzene rings is 1. The van der Waals surface area contributed by atoms with Crippen LogP contribution in [0.15, 0.2) is 24.3 Å². The fourth-order valence-electron chi connectivity index (χ4n) is 2.79. The molecule has 1 heterocycles. The average molecular weight is 322 g/mol. The Labute approximate surface area is 138 Å². The maximum absolute atomic E-state index is 12.8. The summed E-state index contributed by atoms with van der Waals surface area (Å²) in [5, 5.41) is 2.90. The van der Waals surface area contributed by atoms with Gasteiger partial charge >= 0.3 is 0 Å². The Morgan fingerprint density at radius 3 is 2.52 bits per heavy atom. The van der Waals surface area contributed by atoms with Gasteiger partial charge in [0.25, 0.3) is 5.91 Å². The number of nitrogens with one attached hydrogen (secondary N) is 1. The molecule has 1 amide bonds. The maximum Gasteiger partial charge on any atom is 0.260 e. The molecule has 5 heteroatoms. The molecule has 1 aromatic rings. The Kier molecular flexibility index (Phi) is 7.33. The molecule has 1 aliphatic rings. The molecular weight excluding hydrogens is 295 g/mol. The standard InChI is InChI=1S/C18H27FN2O2/c1-15(23-17-9-7-16(19)8-10-17)18(22)20-11-6-14-21-12-4-2-3-5-13-21/h7-10,15H,2-6,11-14H2,1H3,(H,20,22). The van der Waals surface area contributed by atoms with E-state index in [1.165, 1.54) is 63.0 Å². The van der Waals surface area contributed by atoms with E-state index >= 15 is 0 Å². The van der Waals surface area contributed by atoms with Gasteiger partial charge in [-0.05, 0) is 70.1 Å². The summed E-state index contributed by atoms with van der Waals surface area (Å²) >= 11 is 0. The number of amides is 1. The summed E-state index contributed by atoms with van der Waals surface area (Å²) in [5.74, 6) is 0.0479. The summed E-state index contributed by atoms with van der Waals surface area (Å²) in [7, 11) is 0. The van der Waals surface area contributed by atoms with Gasteiger partial charge in [0.15, 0.2) is 6.10 Å². The summed E-state index contributed by atoms with van der Waals surface area (Å²) in [6.07, 6.45) is 5.62. The Morgan fingerprint density at radius 2 is 1.87 bits per heavy atom. The molecule has 1 atom stereocenters. The predicted molar refractivity (Wildman–Crippen MR) is 89.0 cm³/mol. The third kappa shape index (κ3) is 6.57. The minimum absolute atomic E-state index is 0.134. The van der Waals surface area contributed by atoms with Crippen molar-refractivity contribution in [1.82, 2.24) is 10.2 Å². The van der Waals surface area contributed by atoms with Gasteiger partial charge < -0.3 is 15.0 Å².